The highest BCUT2D eigenvalue weighted by molar-refractivity contribution is 9.10. The fourth-order valence-corrected chi connectivity index (χ4v) is 1.51. The molecule has 4 heteroatoms. The van der Waals surface area contributed by atoms with E-state index in [1.807, 2.05) is 6.07 Å². The molecule has 0 saturated carbocycles. The summed E-state index contributed by atoms with van der Waals surface area (Å²) in [7, 11) is 0. The molecule has 0 amide bonds. The van der Waals surface area contributed by atoms with Crippen LogP contribution >= 0.6 is 15.9 Å². The van der Waals surface area contributed by atoms with Crippen LogP contribution in [0.1, 0.15) is 12.5 Å². The second-order valence-corrected chi connectivity index (χ2v) is 3.69. The maximum atomic E-state index is 11.4. The van der Waals surface area contributed by atoms with Gasteiger partial charge in [0.25, 0.3) is 0 Å². The molecular formula is C11H11BrO3. The van der Waals surface area contributed by atoms with Crippen molar-refractivity contribution in [2.75, 3.05) is 6.61 Å². The van der Waals surface area contributed by atoms with Gasteiger partial charge in [0.15, 0.2) is 0 Å². The Morgan fingerprint density at radius 2 is 2.33 bits per heavy atom. The maximum Gasteiger partial charge on any atom is 0.341 e. The van der Waals surface area contributed by atoms with Crippen LogP contribution in [-0.2, 0) is 9.53 Å². The van der Waals surface area contributed by atoms with Gasteiger partial charge in [-0.15, -0.1) is 0 Å². The molecule has 0 heterocycles. The molecule has 0 aliphatic carbocycles. The van der Waals surface area contributed by atoms with Crippen molar-refractivity contribution >= 4 is 27.5 Å². The Bertz CT molecular complexity index is 385. The number of aliphatic hydroxyl groups is 1. The second-order valence-electron chi connectivity index (χ2n) is 2.77. The summed E-state index contributed by atoms with van der Waals surface area (Å²) in [5, 5.41) is 8.99. The van der Waals surface area contributed by atoms with Gasteiger partial charge in [-0.25, -0.2) is 4.79 Å². The van der Waals surface area contributed by atoms with Crippen molar-refractivity contribution in [3.8, 4) is 0 Å². The Labute approximate surface area is 96.5 Å². The van der Waals surface area contributed by atoms with E-state index in [0.717, 1.165) is 10.7 Å². The van der Waals surface area contributed by atoms with Crippen LogP contribution in [0.25, 0.3) is 5.57 Å². The zero-order chi connectivity index (χ0) is 11.3. The number of carbonyl (C=O) groups excluding carboxylic acids is 1. The standard InChI is InChI=1S/C11H11BrO3/c1-2-15-11(14)10(7-13)8-4-3-5-9(12)6-8/h3-7,13H,2H2,1H3/b10-7+. The van der Waals surface area contributed by atoms with E-state index in [1.165, 1.54) is 0 Å². The Morgan fingerprint density at radius 3 is 2.87 bits per heavy atom. The lowest BCUT2D eigenvalue weighted by atomic mass is 10.1. The molecule has 0 spiro atoms. The Balaban J connectivity index is 2.99. The first-order valence-corrected chi connectivity index (χ1v) is 5.25. The lowest BCUT2D eigenvalue weighted by Gasteiger charge is -2.05. The third kappa shape index (κ3) is 3.09. The first-order chi connectivity index (χ1) is 7.19. The lowest BCUT2D eigenvalue weighted by Crippen LogP contribution is -2.06. The van der Waals surface area contributed by atoms with Crippen molar-refractivity contribution in [1.82, 2.24) is 0 Å². The van der Waals surface area contributed by atoms with E-state index in [1.54, 1.807) is 25.1 Å². The van der Waals surface area contributed by atoms with Gasteiger partial charge in [0.05, 0.1) is 12.9 Å². The quantitative estimate of drug-likeness (QED) is 0.522. The lowest BCUT2D eigenvalue weighted by molar-refractivity contribution is -0.136. The smallest absolute Gasteiger partial charge is 0.341 e. The fourth-order valence-electron chi connectivity index (χ4n) is 1.11. The summed E-state index contributed by atoms with van der Waals surface area (Å²) in [4.78, 5) is 11.4. The molecule has 0 fully saturated rings. The molecule has 1 aromatic rings. The molecule has 0 aliphatic heterocycles. The molecule has 0 unspecified atom stereocenters. The summed E-state index contributed by atoms with van der Waals surface area (Å²) in [5.74, 6) is -0.530. The van der Waals surface area contributed by atoms with E-state index in [-0.39, 0.29) is 12.2 Å². The minimum Gasteiger partial charge on any atom is -0.515 e. The van der Waals surface area contributed by atoms with E-state index >= 15 is 0 Å². The summed E-state index contributed by atoms with van der Waals surface area (Å²) >= 11 is 3.29. The topological polar surface area (TPSA) is 46.5 Å². The largest absolute Gasteiger partial charge is 0.515 e. The number of ether oxygens (including phenoxy) is 1. The van der Waals surface area contributed by atoms with Gasteiger partial charge in [0.2, 0.25) is 0 Å². The van der Waals surface area contributed by atoms with Crippen LogP contribution in [0.15, 0.2) is 35.0 Å². The number of carbonyl (C=O) groups is 1. The van der Waals surface area contributed by atoms with Crippen molar-refractivity contribution in [3.63, 3.8) is 0 Å². The summed E-state index contributed by atoms with van der Waals surface area (Å²) < 4.78 is 5.64. The van der Waals surface area contributed by atoms with Crippen molar-refractivity contribution in [2.24, 2.45) is 0 Å². The van der Waals surface area contributed by atoms with Crippen LogP contribution in [0.5, 0.6) is 0 Å². The van der Waals surface area contributed by atoms with Gasteiger partial charge < -0.3 is 9.84 Å². The molecule has 0 bridgehead atoms. The first kappa shape index (κ1) is 11.8. The number of rotatable bonds is 3. The predicted octanol–water partition coefficient (Wildman–Crippen LogP) is 2.91. The minimum atomic E-state index is -0.530. The van der Waals surface area contributed by atoms with Gasteiger partial charge in [-0.2, -0.15) is 0 Å². The summed E-state index contributed by atoms with van der Waals surface area (Å²) in [6, 6.07) is 7.08. The van der Waals surface area contributed by atoms with Gasteiger partial charge in [0, 0.05) is 4.47 Å². The minimum absolute atomic E-state index is 0.151. The average Bonchev–Trinajstić information content (AvgIpc) is 2.19. The van der Waals surface area contributed by atoms with Gasteiger partial charge in [0.1, 0.15) is 5.57 Å². The zero-order valence-electron chi connectivity index (χ0n) is 8.24. The molecule has 80 valence electrons. The van der Waals surface area contributed by atoms with Crippen LogP contribution in [0.4, 0.5) is 0 Å². The molecule has 0 saturated heterocycles. The Kier molecular flexibility index (Phi) is 4.37. The number of benzene rings is 1. The van der Waals surface area contributed by atoms with Crippen molar-refractivity contribution in [3.05, 3.63) is 40.6 Å². The molecule has 0 radical (unpaired) electrons. The molecule has 0 aliphatic rings. The molecule has 3 nitrogen and oxygen atoms in total. The first-order valence-electron chi connectivity index (χ1n) is 4.46. The number of halogens is 1. The van der Waals surface area contributed by atoms with Crippen molar-refractivity contribution < 1.29 is 14.6 Å². The molecule has 1 rings (SSSR count). The Morgan fingerprint density at radius 1 is 1.60 bits per heavy atom. The zero-order valence-corrected chi connectivity index (χ0v) is 9.82. The molecule has 15 heavy (non-hydrogen) atoms. The molecule has 1 N–H and O–H groups in total. The van der Waals surface area contributed by atoms with Crippen LogP contribution in [-0.4, -0.2) is 17.7 Å². The third-order valence-electron chi connectivity index (χ3n) is 1.76. The van der Waals surface area contributed by atoms with Gasteiger partial charge in [-0.3, -0.25) is 0 Å². The van der Waals surface area contributed by atoms with Crippen LogP contribution in [0.2, 0.25) is 0 Å². The molecule has 1 aromatic carbocycles. The summed E-state index contributed by atoms with van der Waals surface area (Å²) in [5.41, 5.74) is 0.767. The number of hydrogen-bond donors (Lipinski definition) is 1. The Hall–Kier alpha value is -1.29. The number of esters is 1. The van der Waals surface area contributed by atoms with Gasteiger partial charge in [-0.1, -0.05) is 28.1 Å². The molecule has 0 aromatic heterocycles. The maximum absolute atomic E-state index is 11.4. The summed E-state index contributed by atoms with van der Waals surface area (Å²) in [6.45, 7) is 2.00. The van der Waals surface area contributed by atoms with Gasteiger partial charge >= 0.3 is 5.97 Å². The second kappa shape index (κ2) is 5.56. The number of aliphatic hydroxyl groups excluding tert-OH is 1. The summed E-state index contributed by atoms with van der Waals surface area (Å²) in [6.07, 6.45) is 0.764. The van der Waals surface area contributed by atoms with Gasteiger partial charge in [-0.05, 0) is 24.6 Å². The van der Waals surface area contributed by atoms with Crippen LogP contribution in [0.3, 0.4) is 0 Å². The third-order valence-corrected chi connectivity index (χ3v) is 2.25. The monoisotopic (exact) mass is 270 g/mol. The number of hydrogen-bond acceptors (Lipinski definition) is 3. The highest BCUT2D eigenvalue weighted by Gasteiger charge is 2.13. The van der Waals surface area contributed by atoms with E-state index in [4.69, 9.17) is 9.84 Å². The normalized spacial score (nSPS) is 11.2. The highest BCUT2D eigenvalue weighted by Crippen LogP contribution is 2.19. The van der Waals surface area contributed by atoms with Crippen LogP contribution in [0, 0.1) is 0 Å². The highest BCUT2D eigenvalue weighted by atomic mass is 79.9. The van der Waals surface area contributed by atoms with E-state index in [9.17, 15) is 4.79 Å². The van der Waals surface area contributed by atoms with Crippen molar-refractivity contribution in [1.29, 1.82) is 0 Å². The predicted molar refractivity (Wildman–Crippen MR) is 61.4 cm³/mol. The van der Waals surface area contributed by atoms with E-state index in [2.05, 4.69) is 15.9 Å². The van der Waals surface area contributed by atoms with Crippen molar-refractivity contribution in [2.45, 2.75) is 6.92 Å². The average molecular weight is 271 g/mol. The fraction of sp³-hybridized carbons (Fsp3) is 0.182. The van der Waals surface area contributed by atoms with E-state index < -0.39 is 5.97 Å². The molecular weight excluding hydrogens is 260 g/mol. The SMILES string of the molecule is CCOC(=O)/C(=C/O)c1cccc(Br)c1. The van der Waals surface area contributed by atoms with E-state index in [0.29, 0.717) is 5.56 Å². The van der Waals surface area contributed by atoms with Crippen LogP contribution < -0.4 is 0 Å². The molecule has 0 atom stereocenters.